The van der Waals surface area contributed by atoms with Gasteiger partial charge in [-0.2, -0.15) is 9.61 Å². The molecule has 2 aromatic heterocycles. The number of carbonyl (C=O) groups is 2. The van der Waals surface area contributed by atoms with Crippen LogP contribution in [0, 0.1) is 0 Å². The molecule has 1 fully saturated rings. The quantitative estimate of drug-likeness (QED) is 0.429. The number of nitrogens with zero attached hydrogens (tertiary/aromatic N) is 4. The Morgan fingerprint density at radius 2 is 1.75 bits per heavy atom. The number of rotatable bonds is 5. The maximum absolute atomic E-state index is 13.8. The molecule has 1 saturated heterocycles. The highest BCUT2D eigenvalue weighted by Crippen LogP contribution is 2.33. The number of carboxylic acid groups (broad SMARTS) is 1. The Hall–Kier alpha value is -4.20. The number of hydrogen-bond donors (Lipinski definition) is 2. The first kappa shape index (κ1) is 22.3. The Balaban J connectivity index is 1.35. The lowest BCUT2D eigenvalue weighted by Gasteiger charge is -2.32. The highest BCUT2D eigenvalue weighted by atomic mass is 16.4. The van der Waals surface area contributed by atoms with Crippen molar-refractivity contribution in [3.05, 3.63) is 88.7 Å². The van der Waals surface area contributed by atoms with Crippen LogP contribution in [0.2, 0.25) is 0 Å². The summed E-state index contributed by atoms with van der Waals surface area (Å²) in [4.78, 5) is 31.7. The summed E-state index contributed by atoms with van der Waals surface area (Å²) in [5, 5.41) is 17.3. The number of piperidine rings is 1. The number of aromatic carboxylic acids is 1. The maximum Gasteiger partial charge on any atom is 0.341 e. The molecular formula is C28H27N5O3. The van der Waals surface area contributed by atoms with E-state index >= 15 is 0 Å². The van der Waals surface area contributed by atoms with Gasteiger partial charge in [0.15, 0.2) is 5.65 Å². The number of aryl methyl sites for hydroxylation is 1. The molecule has 0 bridgehead atoms. The highest BCUT2D eigenvalue weighted by molar-refractivity contribution is 6.01. The van der Waals surface area contributed by atoms with Crippen LogP contribution in [0.1, 0.15) is 62.6 Å². The third-order valence-electron chi connectivity index (χ3n) is 7.44. The summed E-state index contributed by atoms with van der Waals surface area (Å²) in [6, 6.07) is 16.6. The zero-order valence-corrected chi connectivity index (χ0v) is 19.9. The summed E-state index contributed by atoms with van der Waals surface area (Å²) in [6.45, 7) is 1.30. The fourth-order valence-electron chi connectivity index (χ4n) is 5.53. The van der Waals surface area contributed by atoms with Crippen LogP contribution in [-0.2, 0) is 12.8 Å². The monoisotopic (exact) mass is 481 g/mol. The lowest BCUT2D eigenvalue weighted by Crippen LogP contribution is -2.38. The van der Waals surface area contributed by atoms with E-state index in [1.54, 1.807) is 0 Å². The third kappa shape index (κ3) is 3.88. The molecule has 2 N–H and O–H groups in total. The molecule has 0 saturated carbocycles. The van der Waals surface area contributed by atoms with E-state index in [-0.39, 0.29) is 17.1 Å². The van der Waals surface area contributed by atoms with Crippen LogP contribution in [0.4, 0.5) is 11.5 Å². The minimum Gasteiger partial charge on any atom is -0.477 e. The van der Waals surface area contributed by atoms with Crippen molar-refractivity contribution in [3.63, 3.8) is 0 Å². The molecule has 2 aliphatic rings. The predicted octanol–water partition coefficient (Wildman–Crippen LogP) is 4.68. The number of benzene rings is 2. The number of aromatic nitrogens is 3. The first-order valence-electron chi connectivity index (χ1n) is 12.4. The van der Waals surface area contributed by atoms with Gasteiger partial charge >= 0.3 is 5.97 Å². The summed E-state index contributed by atoms with van der Waals surface area (Å²) in [6.07, 6.45) is 7.64. The van der Waals surface area contributed by atoms with Gasteiger partial charge in [-0.1, -0.05) is 42.5 Å². The highest BCUT2D eigenvalue weighted by Gasteiger charge is 2.29. The van der Waals surface area contributed by atoms with Crippen molar-refractivity contribution in [1.29, 1.82) is 0 Å². The van der Waals surface area contributed by atoms with E-state index in [0.717, 1.165) is 37.8 Å². The van der Waals surface area contributed by atoms with Crippen molar-refractivity contribution >= 4 is 29.0 Å². The second-order valence-electron chi connectivity index (χ2n) is 9.52. The minimum atomic E-state index is -1.11. The van der Waals surface area contributed by atoms with E-state index < -0.39 is 5.97 Å². The molecule has 36 heavy (non-hydrogen) atoms. The molecule has 1 amide bonds. The van der Waals surface area contributed by atoms with Crippen LogP contribution >= 0.6 is 0 Å². The molecule has 2 aromatic carbocycles. The molecule has 4 aromatic rings. The van der Waals surface area contributed by atoms with Crippen LogP contribution in [-0.4, -0.2) is 49.6 Å². The van der Waals surface area contributed by atoms with Crippen molar-refractivity contribution in [1.82, 2.24) is 19.5 Å². The summed E-state index contributed by atoms with van der Waals surface area (Å²) < 4.78 is 1.45. The normalized spacial score (nSPS) is 15.7. The molecule has 0 unspecified atom stereocenters. The average molecular weight is 482 g/mol. The molecule has 6 rings (SSSR count). The number of nitrogens with one attached hydrogen (secondary N) is 1. The Bertz CT molecular complexity index is 1460. The van der Waals surface area contributed by atoms with Crippen LogP contribution < -0.4 is 5.32 Å². The lowest BCUT2D eigenvalue weighted by atomic mass is 9.89. The molecule has 3 heterocycles. The number of carbonyl (C=O) groups excluding carboxylic acids is 1. The fourth-order valence-corrected chi connectivity index (χ4v) is 5.53. The minimum absolute atomic E-state index is 0.000912. The summed E-state index contributed by atoms with van der Waals surface area (Å²) in [7, 11) is 0. The van der Waals surface area contributed by atoms with Gasteiger partial charge in [0.1, 0.15) is 16.9 Å². The Labute approximate surface area is 208 Å². The van der Waals surface area contributed by atoms with Crippen LogP contribution in [0.15, 0.2) is 60.9 Å². The predicted molar refractivity (Wildman–Crippen MR) is 136 cm³/mol. The topological polar surface area (TPSA) is 99.8 Å². The lowest BCUT2D eigenvalue weighted by molar-refractivity contribution is 0.0695. The number of carboxylic acids is 1. The van der Waals surface area contributed by atoms with Gasteiger partial charge in [0.05, 0.1) is 6.20 Å². The zero-order chi connectivity index (χ0) is 24.6. The number of hydrogen-bond acceptors (Lipinski definition) is 5. The Morgan fingerprint density at radius 1 is 0.944 bits per heavy atom. The number of anilines is 2. The number of amides is 1. The first-order valence-corrected chi connectivity index (χ1v) is 12.4. The number of likely N-dealkylation sites (tertiary alicyclic amines) is 1. The van der Waals surface area contributed by atoms with Crippen molar-refractivity contribution in [2.75, 3.05) is 18.4 Å². The van der Waals surface area contributed by atoms with Crippen molar-refractivity contribution in [2.24, 2.45) is 0 Å². The van der Waals surface area contributed by atoms with Crippen LogP contribution in [0.3, 0.4) is 0 Å². The Morgan fingerprint density at radius 3 is 2.53 bits per heavy atom. The third-order valence-corrected chi connectivity index (χ3v) is 7.44. The SMILES string of the molecule is O=C(O)c1cnn2c(Nc3cccc4c3CCC4)c(C(=O)N3CCC(c4ccccc4)CC3)cnc12. The van der Waals surface area contributed by atoms with Gasteiger partial charge in [-0.3, -0.25) is 4.79 Å². The molecule has 0 radical (unpaired) electrons. The van der Waals surface area contributed by atoms with Crippen LogP contribution in [0.5, 0.6) is 0 Å². The molecule has 8 nitrogen and oxygen atoms in total. The second kappa shape index (κ2) is 9.11. The Kier molecular flexibility index (Phi) is 5.64. The molecule has 182 valence electrons. The van der Waals surface area contributed by atoms with Crippen molar-refractivity contribution < 1.29 is 14.7 Å². The fraction of sp³-hybridized carbons (Fsp3) is 0.286. The summed E-state index contributed by atoms with van der Waals surface area (Å²) >= 11 is 0. The van der Waals surface area contributed by atoms with E-state index in [4.69, 9.17) is 0 Å². The standard InChI is InChI=1S/C28H27N5O3/c34-27(32-14-12-19(13-15-32)18-6-2-1-3-7-18)22-16-29-25-23(28(35)36)17-30-33(25)26(22)31-24-11-5-9-20-8-4-10-21(20)24/h1-3,5-7,9,11,16-17,19,31H,4,8,10,12-15H2,(H,35,36). The molecule has 1 aliphatic heterocycles. The summed E-state index contributed by atoms with van der Waals surface area (Å²) in [5.41, 5.74) is 5.35. The largest absolute Gasteiger partial charge is 0.477 e. The number of fused-ring (bicyclic) bond motifs is 2. The van der Waals surface area contributed by atoms with E-state index in [9.17, 15) is 14.7 Å². The molecule has 0 spiro atoms. The van der Waals surface area contributed by atoms with Gasteiger partial charge in [0, 0.05) is 25.0 Å². The second-order valence-corrected chi connectivity index (χ2v) is 9.52. The average Bonchev–Trinajstić information content (AvgIpc) is 3.57. The van der Waals surface area contributed by atoms with Gasteiger partial charge in [0.2, 0.25) is 0 Å². The zero-order valence-electron chi connectivity index (χ0n) is 19.9. The molecule has 1 aliphatic carbocycles. The van der Waals surface area contributed by atoms with E-state index in [1.165, 1.54) is 33.6 Å². The van der Waals surface area contributed by atoms with E-state index in [1.807, 2.05) is 23.1 Å². The van der Waals surface area contributed by atoms with Crippen LogP contribution in [0.25, 0.3) is 5.65 Å². The summed E-state index contributed by atoms with van der Waals surface area (Å²) in [5.74, 6) is -0.350. The van der Waals surface area contributed by atoms with Crippen molar-refractivity contribution in [2.45, 2.75) is 38.0 Å². The first-order chi connectivity index (χ1) is 17.6. The van der Waals surface area contributed by atoms with Gasteiger partial charge in [-0.15, -0.1) is 0 Å². The van der Waals surface area contributed by atoms with Crippen molar-refractivity contribution in [3.8, 4) is 0 Å². The smallest absolute Gasteiger partial charge is 0.341 e. The van der Waals surface area contributed by atoms with E-state index in [0.29, 0.717) is 30.4 Å². The molecule has 8 heteroatoms. The van der Waals surface area contributed by atoms with Gasteiger partial charge in [-0.05, 0) is 60.8 Å². The van der Waals surface area contributed by atoms with Gasteiger partial charge in [0.25, 0.3) is 5.91 Å². The van der Waals surface area contributed by atoms with Gasteiger partial charge in [-0.25, -0.2) is 9.78 Å². The maximum atomic E-state index is 13.8. The molecular weight excluding hydrogens is 454 g/mol. The van der Waals surface area contributed by atoms with Gasteiger partial charge < -0.3 is 15.3 Å². The van der Waals surface area contributed by atoms with E-state index in [2.05, 4.69) is 45.7 Å². The molecule has 0 atom stereocenters.